The molecule has 0 saturated heterocycles. The first-order chi connectivity index (χ1) is 13.8. The van der Waals surface area contributed by atoms with Crippen LogP contribution in [0.5, 0.6) is 11.5 Å². The SMILES string of the molecule is CCN(Cc1cccc(F)c1)C(=O)CCNS(=O)(=O)c1ccc(OC)c(OC)c1. The Morgan fingerprint density at radius 3 is 2.45 bits per heavy atom. The van der Waals surface area contributed by atoms with E-state index in [1.807, 2.05) is 6.92 Å². The number of carbonyl (C=O) groups excluding carboxylic acids is 1. The topological polar surface area (TPSA) is 84.9 Å². The average molecular weight is 424 g/mol. The fourth-order valence-corrected chi connectivity index (χ4v) is 3.80. The van der Waals surface area contributed by atoms with E-state index in [9.17, 15) is 17.6 Å². The largest absolute Gasteiger partial charge is 0.493 e. The van der Waals surface area contributed by atoms with Crippen LogP contribution in [0.15, 0.2) is 47.4 Å². The molecular formula is C20H25FN2O5S. The highest BCUT2D eigenvalue weighted by Gasteiger charge is 2.18. The Balaban J connectivity index is 1.97. The van der Waals surface area contributed by atoms with Crippen LogP contribution in [0.25, 0.3) is 0 Å². The number of ether oxygens (including phenoxy) is 2. The summed E-state index contributed by atoms with van der Waals surface area (Å²) in [6.45, 7) is 2.44. The van der Waals surface area contributed by atoms with Crippen molar-refractivity contribution in [2.45, 2.75) is 24.8 Å². The molecular weight excluding hydrogens is 399 g/mol. The number of rotatable bonds is 10. The van der Waals surface area contributed by atoms with E-state index in [0.717, 1.165) is 0 Å². The maximum Gasteiger partial charge on any atom is 0.240 e. The number of benzene rings is 2. The molecule has 158 valence electrons. The number of methoxy groups -OCH3 is 2. The lowest BCUT2D eigenvalue weighted by molar-refractivity contribution is -0.131. The minimum atomic E-state index is -3.82. The second-order valence-electron chi connectivity index (χ2n) is 6.20. The number of amides is 1. The van der Waals surface area contributed by atoms with Crippen molar-refractivity contribution in [3.8, 4) is 11.5 Å². The minimum absolute atomic E-state index is 0.00899. The van der Waals surface area contributed by atoms with Crippen LogP contribution in [-0.4, -0.2) is 46.5 Å². The Morgan fingerprint density at radius 1 is 1.10 bits per heavy atom. The molecule has 9 heteroatoms. The number of nitrogens with zero attached hydrogens (tertiary/aromatic N) is 1. The Bertz CT molecular complexity index is 950. The van der Waals surface area contributed by atoms with Crippen LogP contribution in [0.1, 0.15) is 18.9 Å². The summed E-state index contributed by atoms with van der Waals surface area (Å²) in [6, 6.07) is 10.3. The van der Waals surface area contributed by atoms with E-state index in [0.29, 0.717) is 23.6 Å². The van der Waals surface area contributed by atoms with Gasteiger partial charge in [-0.15, -0.1) is 0 Å². The van der Waals surface area contributed by atoms with Crippen LogP contribution >= 0.6 is 0 Å². The molecule has 0 aliphatic heterocycles. The molecule has 0 radical (unpaired) electrons. The number of hydrogen-bond donors (Lipinski definition) is 1. The fraction of sp³-hybridized carbons (Fsp3) is 0.350. The molecule has 1 amide bonds. The van der Waals surface area contributed by atoms with Crippen molar-refractivity contribution < 1.29 is 27.1 Å². The molecule has 0 saturated carbocycles. The first-order valence-electron chi connectivity index (χ1n) is 9.04. The van der Waals surface area contributed by atoms with Crippen LogP contribution in [0.3, 0.4) is 0 Å². The molecule has 0 aromatic heterocycles. The smallest absolute Gasteiger partial charge is 0.240 e. The second kappa shape index (κ2) is 10.2. The molecule has 29 heavy (non-hydrogen) atoms. The maximum absolute atomic E-state index is 13.3. The van der Waals surface area contributed by atoms with E-state index >= 15 is 0 Å². The van der Waals surface area contributed by atoms with Gasteiger partial charge < -0.3 is 14.4 Å². The summed E-state index contributed by atoms with van der Waals surface area (Å²) in [6.07, 6.45) is -0.0182. The molecule has 0 aliphatic carbocycles. The van der Waals surface area contributed by atoms with Gasteiger partial charge in [0, 0.05) is 32.1 Å². The highest BCUT2D eigenvalue weighted by molar-refractivity contribution is 7.89. The number of carbonyl (C=O) groups is 1. The zero-order valence-electron chi connectivity index (χ0n) is 16.6. The lowest BCUT2D eigenvalue weighted by atomic mass is 10.2. The monoisotopic (exact) mass is 424 g/mol. The zero-order chi connectivity index (χ0) is 21.4. The summed E-state index contributed by atoms with van der Waals surface area (Å²) in [5.41, 5.74) is 0.672. The van der Waals surface area contributed by atoms with Crippen molar-refractivity contribution >= 4 is 15.9 Å². The fourth-order valence-electron chi connectivity index (χ4n) is 2.75. The number of halogens is 1. The van der Waals surface area contributed by atoms with Gasteiger partial charge in [-0.3, -0.25) is 4.79 Å². The number of sulfonamides is 1. The van der Waals surface area contributed by atoms with E-state index in [1.54, 1.807) is 17.0 Å². The second-order valence-corrected chi connectivity index (χ2v) is 7.97. The van der Waals surface area contributed by atoms with E-state index in [2.05, 4.69) is 4.72 Å². The summed E-state index contributed by atoms with van der Waals surface area (Å²) in [5.74, 6) is 0.108. The first-order valence-corrected chi connectivity index (χ1v) is 10.5. The molecule has 0 spiro atoms. The van der Waals surface area contributed by atoms with Crippen LogP contribution in [-0.2, 0) is 21.4 Å². The highest BCUT2D eigenvalue weighted by atomic mass is 32.2. The summed E-state index contributed by atoms with van der Waals surface area (Å²) >= 11 is 0. The molecule has 7 nitrogen and oxygen atoms in total. The maximum atomic E-state index is 13.3. The predicted molar refractivity (Wildman–Crippen MR) is 107 cm³/mol. The third-order valence-electron chi connectivity index (χ3n) is 4.29. The Labute approximate surface area is 170 Å². The van der Waals surface area contributed by atoms with Crippen LogP contribution in [0.4, 0.5) is 4.39 Å². The molecule has 1 N–H and O–H groups in total. The van der Waals surface area contributed by atoms with Crippen molar-refractivity contribution in [1.82, 2.24) is 9.62 Å². The van der Waals surface area contributed by atoms with Gasteiger partial charge in [-0.05, 0) is 36.8 Å². The van der Waals surface area contributed by atoms with Gasteiger partial charge in [0.25, 0.3) is 0 Å². The van der Waals surface area contributed by atoms with Crippen molar-refractivity contribution in [2.24, 2.45) is 0 Å². The van der Waals surface area contributed by atoms with Gasteiger partial charge in [0.2, 0.25) is 15.9 Å². The predicted octanol–water partition coefficient (Wildman–Crippen LogP) is 2.56. The molecule has 2 aromatic carbocycles. The Kier molecular flexibility index (Phi) is 7.98. The number of hydrogen-bond acceptors (Lipinski definition) is 5. The quantitative estimate of drug-likeness (QED) is 0.634. The summed E-state index contributed by atoms with van der Waals surface area (Å²) in [5, 5.41) is 0. The Morgan fingerprint density at radius 2 is 1.83 bits per heavy atom. The van der Waals surface area contributed by atoms with Crippen molar-refractivity contribution in [1.29, 1.82) is 0 Å². The lowest BCUT2D eigenvalue weighted by Crippen LogP contribution is -2.34. The van der Waals surface area contributed by atoms with E-state index in [1.165, 1.54) is 44.6 Å². The van der Waals surface area contributed by atoms with E-state index in [4.69, 9.17) is 9.47 Å². The standard InChI is InChI=1S/C20H25FN2O5S/c1-4-23(14-15-6-5-7-16(21)12-15)20(24)10-11-22-29(25,26)17-8-9-18(27-2)19(13-17)28-3/h5-9,12-13,22H,4,10-11,14H2,1-3H3. The molecule has 2 rings (SSSR count). The molecule has 0 bridgehead atoms. The Hall–Kier alpha value is -2.65. The minimum Gasteiger partial charge on any atom is -0.493 e. The third-order valence-corrected chi connectivity index (χ3v) is 5.75. The van der Waals surface area contributed by atoms with Crippen LogP contribution in [0.2, 0.25) is 0 Å². The highest BCUT2D eigenvalue weighted by Crippen LogP contribution is 2.29. The molecule has 0 heterocycles. The van der Waals surface area contributed by atoms with Gasteiger partial charge in [0.05, 0.1) is 19.1 Å². The molecule has 0 unspecified atom stereocenters. The average Bonchev–Trinajstić information content (AvgIpc) is 2.71. The van der Waals surface area contributed by atoms with Gasteiger partial charge in [-0.25, -0.2) is 17.5 Å². The molecule has 2 aromatic rings. The number of nitrogens with one attached hydrogen (secondary N) is 1. The third kappa shape index (κ3) is 6.16. The van der Waals surface area contributed by atoms with Crippen LogP contribution in [0, 0.1) is 5.82 Å². The van der Waals surface area contributed by atoms with Gasteiger partial charge in [-0.2, -0.15) is 0 Å². The molecule has 0 aliphatic rings. The van der Waals surface area contributed by atoms with Crippen molar-refractivity contribution in [2.75, 3.05) is 27.3 Å². The van der Waals surface area contributed by atoms with Gasteiger partial charge in [0.1, 0.15) is 5.82 Å². The first kappa shape index (κ1) is 22.6. The normalized spacial score (nSPS) is 11.2. The van der Waals surface area contributed by atoms with Crippen molar-refractivity contribution in [3.05, 3.63) is 53.8 Å². The van der Waals surface area contributed by atoms with E-state index < -0.39 is 10.0 Å². The van der Waals surface area contributed by atoms with Crippen molar-refractivity contribution in [3.63, 3.8) is 0 Å². The zero-order valence-corrected chi connectivity index (χ0v) is 17.5. The van der Waals surface area contributed by atoms with Gasteiger partial charge in [-0.1, -0.05) is 12.1 Å². The molecule has 0 fully saturated rings. The summed E-state index contributed by atoms with van der Waals surface area (Å²) in [7, 11) is -0.944. The van der Waals surface area contributed by atoms with Crippen LogP contribution < -0.4 is 14.2 Å². The summed E-state index contributed by atoms with van der Waals surface area (Å²) < 4.78 is 50.9. The van der Waals surface area contributed by atoms with E-state index in [-0.39, 0.29) is 36.1 Å². The van der Waals surface area contributed by atoms with Gasteiger partial charge in [0.15, 0.2) is 11.5 Å². The lowest BCUT2D eigenvalue weighted by Gasteiger charge is -2.21. The summed E-state index contributed by atoms with van der Waals surface area (Å²) in [4.78, 5) is 14.0. The van der Waals surface area contributed by atoms with Gasteiger partial charge >= 0.3 is 0 Å². The molecule has 0 atom stereocenters.